The Labute approximate surface area is 226 Å². The molecule has 206 valence electrons. The zero-order valence-corrected chi connectivity index (χ0v) is 23.5. The Kier molecular flexibility index (Phi) is 7.73. The van der Waals surface area contributed by atoms with Crippen molar-refractivity contribution < 1.29 is 13.2 Å². The van der Waals surface area contributed by atoms with Crippen LogP contribution in [0, 0.1) is 0 Å². The van der Waals surface area contributed by atoms with Gasteiger partial charge in [-0.05, 0) is 43.5 Å². The number of amides is 2. The average Bonchev–Trinajstić information content (AvgIpc) is 3.60. The maximum Gasteiger partial charge on any atom is 0.319 e. The highest BCUT2D eigenvalue weighted by atomic mass is 35.5. The zero-order chi connectivity index (χ0) is 27.8. The second kappa shape index (κ2) is 10.5. The van der Waals surface area contributed by atoms with Gasteiger partial charge in [0.15, 0.2) is 0 Å². The van der Waals surface area contributed by atoms with Crippen molar-refractivity contribution >= 4 is 50.5 Å². The summed E-state index contributed by atoms with van der Waals surface area (Å²) in [5.41, 5.74) is 5.98. The van der Waals surface area contributed by atoms with Crippen LogP contribution >= 0.6 is 11.6 Å². The van der Waals surface area contributed by atoms with Crippen LogP contribution in [0.3, 0.4) is 0 Å². The van der Waals surface area contributed by atoms with Gasteiger partial charge in [-0.1, -0.05) is 0 Å². The van der Waals surface area contributed by atoms with Gasteiger partial charge in [-0.15, -0.1) is 0 Å². The normalized spacial score (nSPS) is 17.9. The smallest absolute Gasteiger partial charge is 0.319 e. The number of rotatable bonds is 7. The van der Waals surface area contributed by atoms with Gasteiger partial charge in [0.25, 0.3) is 5.56 Å². The average molecular weight is 565 g/mol. The molecule has 38 heavy (non-hydrogen) atoms. The van der Waals surface area contributed by atoms with E-state index >= 15 is 0 Å². The van der Waals surface area contributed by atoms with Gasteiger partial charge in [-0.3, -0.25) is 14.4 Å². The summed E-state index contributed by atoms with van der Waals surface area (Å²) in [7, 11) is 1.04. The number of carbonyl (C=O) groups is 1. The molecule has 1 aromatic heterocycles. The standard InChI is InChI=1S/C24H33ClN8O4S/c1-24(5-6-24)29-38(36,37)17-11-18-20(28-22(25)33(21(18)34)15-16(13-26)14-27-2)19(12-17)31-7-9-32(10-8-31)23(35)30(3)4/h11-14,29H,5-10,15,26H2,1-4H3. The molecule has 1 saturated heterocycles. The molecule has 12 nitrogen and oxygen atoms in total. The molecule has 0 radical (unpaired) electrons. The molecular weight excluding hydrogens is 532 g/mol. The Morgan fingerprint density at radius 1 is 1.26 bits per heavy atom. The van der Waals surface area contributed by atoms with Gasteiger partial charge >= 0.3 is 6.03 Å². The van der Waals surface area contributed by atoms with Crippen molar-refractivity contribution in [2.45, 2.75) is 36.7 Å². The maximum absolute atomic E-state index is 13.7. The Morgan fingerprint density at radius 2 is 1.92 bits per heavy atom. The minimum Gasteiger partial charge on any atom is -0.404 e. The Bertz CT molecular complexity index is 1470. The summed E-state index contributed by atoms with van der Waals surface area (Å²) in [5.74, 6) is 0. The maximum atomic E-state index is 13.7. The van der Waals surface area contributed by atoms with Crippen LogP contribution in [0.2, 0.25) is 5.28 Å². The fraction of sp³-hybridized carbons (Fsp3) is 0.500. The van der Waals surface area contributed by atoms with Gasteiger partial charge in [0.05, 0.1) is 22.5 Å². The molecule has 1 aliphatic carbocycles. The summed E-state index contributed by atoms with van der Waals surface area (Å²) >= 11 is 6.48. The summed E-state index contributed by atoms with van der Waals surface area (Å²) in [5, 5.41) is 0.0538. The molecule has 2 aromatic rings. The molecule has 2 aliphatic rings. The van der Waals surface area contributed by atoms with Crippen LogP contribution in [-0.4, -0.2) is 92.9 Å². The van der Waals surface area contributed by atoms with Crippen LogP contribution in [0.5, 0.6) is 0 Å². The predicted molar refractivity (Wildman–Crippen MR) is 149 cm³/mol. The number of fused-ring (bicyclic) bond motifs is 1. The fourth-order valence-electron chi connectivity index (χ4n) is 4.37. The molecule has 0 spiro atoms. The van der Waals surface area contributed by atoms with Crippen LogP contribution in [0.4, 0.5) is 10.5 Å². The number of sulfonamides is 1. The molecule has 1 aromatic carbocycles. The van der Waals surface area contributed by atoms with Crippen LogP contribution in [-0.2, 0) is 16.6 Å². The number of carbonyl (C=O) groups excluding carboxylic acids is 1. The lowest BCUT2D eigenvalue weighted by atomic mass is 10.1. The lowest BCUT2D eigenvalue weighted by Crippen LogP contribution is -2.51. The predicted octanol–water partition coefficient (Wildman–Crippen LogP) is 1.23. The number of hydrogen-bond donors (Lipinski definition) is 2. The highest BCUT2D eigenvalue weighted by Crippen LogP contribution is 2.37. The van der Waals surface area contributed by atoms with E-state index in [9.17, 15) is 18.0 Å². The van der Waals surface area contributed by atoms with Gasteiger partial charge in [-0.2, -0.15) is 0 Å². The van der Waals surface area contributed by atoms with Crippen LogP contribution in [0.25, 0.3) is 10.9 Å². The Balaban J connectivity index is 1.83. The second-order valence-corrected chi connectivity index (χ2v) is 12.1. The van der Waals surface area contributed by atoms with Crippen molar-refractivity contribution in [3.8, 4) is 0 Å². The van der Waals surface area contributed by atoms with Crippen molar-refractivity contribution in [2.24, 2.45) is 10.7 Å². The first kappa shape index (κ1) is 27.9. The summed E-state index contributed by atoms with van der Waals surface area (Å²) in [6, 6.07) is 2.78. The van der Waals surface area contributed by atoms with Crippen LogP contribution < -0.4 is 20.9 Å². The van der Waals surface area contributed by atoms with Gasteiger partial charge < -0.3 is 20.4 Å². The minimum atomic E-state index is -3.93. The zero-order valence-electron chi connectivity index (χ0n) is 21.9. The number of allylic oxidation sites excluding steroid dienone is 1. The molecule has 0 atom stereocenters. The molecule has 1 aliphatic heterocycles. The number of hydrogen-bond acceptors (Lipinski definition) is 8. The third-order valence-corrected chi connectivity index (χ3v) is 8.69. The van der Waals surface area contributed by atoms with E-state index in [1.54, 1.807) is 26.0 Å². The van der Waals surface area contributed by atoms with Crippen molar-refractivity contribution in [1.29, 1.82) is 0 Å². The van der Waals surface area contributed by atoms with E-state index < -0.39 is 21.1 Å². The monoisotopic (exact) mass is 564 g/mol. The van der Waals surface area contributed by atoms with E-state index in [0.717, 1.165) is 12.8 Å². The first-order chi connectivity index (χ1) is 17.9. The van der Waals surface area contributed by atoms with E-state index in [0.29, 0.717) is 43.0 Å². The van der Waals surface area contributed by atoms with E-state index in [1.807, 2.05) is 11.8 Å². The second-order valence-electron chi connectivity index (χ2n) is 10.1. The number of nitrogens with two attached hydrogens (primary N) is 1. The van der Waals surface area contributed by atoms with Crippen LogP contribution in [0.1, 0.15) is 19.8 Å². The quantitative estimate of drug-likeness (QED) is 0.380. The molecule has 2 heterocycles. The van der Waals surface area contributed by atoms with Gasteiger partial charge in [0, 0.05) is 70.8 Å². The molecular formula is C24H33ClN8O4S. The van der Waals surface area contributed by atoms with E-state index in [2.05, 4.69) is 14.7 Å². The number of piperazine rings is 1. The molecule has 4 rings (SSSR count). The molecule has 0 unspecified atom stereocenters. The number of anilines is 1. The van der Waals surface area contributed by atoms with E-state index in [-0.39, 0.29) is 28.1 Å². The number of halogens is 1. The SMILES string of the molecule is CN=CC(=CN)Cn1c(Cl)nc2c(N3CCN(C(=O)N(C)C)CC3)cc(S(=O)(=O)NC3(C)CC3)cc2c1=O. The number of aromatic nitrogens is 2. The fourth-order valence-corrected chi connectivity index (χ4v) is 6.10. The van der Waals surface area contributed by atoms with Gasteiger partial charge in [-0.25, -0.2) is 22.9 Å². The van der Waals surface area contributed by atoms with E-state index in [1.165, 1.54) is 34.0 Å². The molecule has 14 heteroatoms. The van der Waals surface area contributed by atoms with Crippen molar-refractivity contribution in [3.63, 3.8) is 0 Å². The topological polar surface area (TPSA) is 146 Å². The van der Waals surface area contributed by atoms with Gasteiger partial charge in [0.1, 0.15) is 5.52 Å². The van der Waals surface area contributed by atoms with Crippen molar-refractivity contribution in [3.05, 3.63) is 39.5 Å². The number of benzene rings is 1. The summed E-state index contributed by atoms with van der Waals surface area (Å²) in [6.45, 7) is 3.58. The molecule has 2 amide bonds. The third kappa shape index (κ3) is 5.64. The molecule has 2 fully saturated rings. The number of nitrogens with one attached hydrogen (secondary N) is 1. The van der Waals surface area contributed by atoms with Crippen LogP contribution in [0.15, 0.2) is 38.6 Å². The molecule has 0 bridgehead atoms. The van der Waals surface area contributed by atoms with Crippen molar-refractivity contribution in [1.82, 2.24) is 24.1 Å². The largest absolute Gasteiger partial charge is 0.404 e. The number of nitrogens with zero attached hydrogens (tertiary/aromatic N) is 6. The first-order valence-electron chi connectivity index (χ1n) is 12.2. The first-order valence-corrected chi connectivity index (χ1v) is 14.1. The summed E-state index contributed by atoms with van der Waals surface area (Å²) in [4.78, 5) is 39.7. The lowest BCUT2D eigenvalue weighted by Gasteiger charge is -2.37. The highest BCUT2D eigenvalue weighted by molar-refractivity contribution is 7.89. The van der Waals surface area contributed by atoms with Gasteiger partial charge in [0.2, 0.25) is 15.3 Å². The molecule has 1 saturated carbocycles. The van der Waals surface area contributed by atoms with E-state index in [4.69, 9.17) is 17.3 Å². The highest BCUT2D eigenvalue weighted by Gasteiger charge is 2.41. The molecule has 3 N–H and O–H groups in total. The lowest BCUT2D eigenvalue weighted by molar-refractivity contribution is 0.168. The number of aliphatic imine (C=N–C) groups is 1. The summed E-state index contributed by atoms with van der Waals surface area (Å²) in [6.07, 6.45) is 4.31. The Morgan fingerprint density at radius 3 is 2.47 bits per heavy atom. The van der Waals surface area contributed by atoms with Crippen molar-refractivity contribution in [2.75, 3.05) is 52.2 Å². The summed E-state index contributed by atoms with van der Waals surface area (Å²) < 4.78 is 30.7. The third-order valence-electron chi connectivity index (χ3n) is 6.78. The Hall–Kier alpha value is -3.16. The minimum absolute atomic E-state index is 0.0163. The number of urea groups is 1.